The first-order valence-corrected chi connectivity index (χ1v) is 5.00. The lowest BCUT2D eigenvalue weighted by molar-refractivity contribution is 0.288. The molecule has 0 aliphatic rings. The van der Waals surface area contributed by atoms with Gasteiger partial charge in [-0.15, -0.1) is 0 Å². The summed E-state index contributed by atoms with van der Waals surface area (Å²) >= 11 is 5.94. The molecule has 1 N–H and O–H groups in total. The smallest absolute Gasteiger partial charge is 0.123 e. The van der Waals surface area contributed by atoms with Crippen molar-refractivity contribution in [3.05, 3.63) is 28.3 Å². The second-order valence-corrected chi connectivity index (χ2v) is 3.66. The van der Waals surface area contributed by atoms with Crippen LogP contribution in [0.15, 0.2) is 12.1 Å². The Bertz CT molecular complexity index is 310. The van der Waals surface area contributed by atoms with Crippen molar-refractivity contribution in [2.45, 2.75) is 19.8 Å². The first kappa shape index (κ1) is 11.3. The third kappa shape index (κ3) is 2.63. The van der Waals surface area contributed by atoms with Crippen LogP contribution in [-0.4, -0.2) is 18.8 Å². The van der Waals surface area contributed by atoms with Gasteiger partial charge < -0.3 is 9.84 Å². The number of aliphatic hydroxyl groups is 1. The second-order valence-electron chi connectivity index (χ2n) is 3.22. The van der Waals surface area contributed by atoms with Crippen LogP contribution < -0.4 is 4.74 Å². The Balaban J connectivity index is 2.96. The third-order valence-corrected chi connectivity index (χ3v) is 2.47. The van der Waals surface area contributed by atoms with E-state index in [1.807, 2.05) is 13.0 Å². The SMILES string of the molecule is COc1cc(Cl)cc(CCCO)c1C. The fraction of sp³-hybridized carbons (Fsp3) is 0.455. The zero-order chi connectivity index (χ0) is 10.6. The monoisotopic (exact) mass is 214 g/mol. The van der Waals surface area contributed by atoms with Gasteiger partial charge in [0.15, 0.2) is 0 Å². The topological polar surface area (TPSA) is 29.5 Å². The van der Waals surface area contributed by atoms with Crippen molar-refractivity contribution in [3.63, 3.8) is 0 Å². The van der Waals surface area contributed by atoms with E-state index >= 15 is 0 Å². The van der Waals surface area contributed by atoms with E-state index in [0.717, 1.165) is 29.7 Å². The van der Waals surface area contributed by atoms with Gasteiger partial charge in [-0.1, -0.05) is 11.6 Å². The molecule has 0 aliphatic heterocycles. The molecule has 0 spiro atoms. The van der Waals surface area contributed by atoms with E-state index in [2.05, 4.69) is 0 Å². The quantitative estimate of drug-likeness (QED) is 0.835. The van der Waals surface area contributed by atoms with Crippen molar-refractivity contribution in [2.24, 2.45) is 0 Å². The minimum absolute atomic E-state index is 0.203. The minimum atomic E-state index is 0.203. The molecule has 0 heterocycles. The molecular formula is C11H15ClO2. The molecule has 0 unspecified atom stereocenters. The van der Waals surface area contributed by atoms with Gasteiger partial charge in [0.05, 0.1) is 7.11 Å². The lowest BCUT2D eigenvalue weighted by Gasteiger charge is -2.10. The summed E-state index contributed by atoms with van der Waals surface area (Å²) in [7, 11) is 1.63. The van der Waals surface area contributed by atoms with Crippen LogP contribution >= 0.6 is 11.6 Å². The summed E-state index contributed by atoms with van der Waals surface area (Å²) in [6.07, 6.45) is 1.59. The molecule has 0 bridgehead atoms. The summed E-state index contributed by atoms with van der Waals surface area (Å²) in [4.78, 5) is 0. The second kappa shape index (κ2) is 5.23. The van der Waals surface area contributed by atoms with Crippen LogP contribution in [0.1, 0.15) is 17.5 Å². The van der Waals surface area contributed by atoms with Crippen molar-refractivity contribution in [1.82, 2.24) is 0 Å². The Labute approximate surface area is 89.5 Å². The molecule has 1 rings (SSSR count). The van der Waals surface area contributed by atoms with Crippen molar-refractivity contribution in [2.75, 3.05) is 13.7 Å². The number of ether oxygens (including phenoxy) is 1. The zero-order valence-corrected chi connectivity index (χ0v) is 9.27. The molecule has 0 aromatic heterocycles. The number of methoxy groups -OCH3 is 1. The van der Waals surface area contributed by atoms with Gasteiger partial charge in [-0.25, -0.2) is 0 Å². The number of hydrogen-bond donors (Lipinski definition) is 1. The van der Waals surface area contributed by atoms with Crippen molar-refractivity contribution in [3.8, 4) is 5.75 Å². The average Bonchev–Trinajstić information content (AvgIpc) is 2.18. The molecular weight excluding hydrogens is 200 g/mol. The standard InChI is InChI=1S/C11H15ClO2/c1-8-9(4-3-5-13)6-10(12)7-11(8)14-2/h6-7,13H,3-5H2,1-2H3. The lowest BCUT2D eigenvalue weighted by atomic mass is 10.0. The van der Waals surface area contributed by atoms with Crippen LogP contribution in [0, 0.1) is 6.92 Å². The van der Waals surface area contributed by atoms with E-state index in [9.17, 15) is 0 Å². The molecule has 0 atom stereocenters. The van der Waals surface area contributed by atoms with E-state index in [-0.39, 0.29) is 6.61 Å². The van der Waals surface area contributed by atoms with Crippen LogP contribution in [0.5, 0.6) is 5.75 Å². The Morgan fingerprint density at radius 2 is 2.14 bits per heavy atom. The fourth-order valence-electron chi connectivity index (χ4n) is 1.45. The molecule has 0 aliphatic carbocycles. The molecule has 2 nitrogen and oxygen atoms in total. The minimum Gasteiger partial charge on any atom is -0.496 e. The maximum absolute atomic E-state index is 8.75. The summed E-state index contributed by atoms with van der Waals surface area (Å²) < 4.78 is 5.20. The van der Waals surface area contributed by atoms with Crippen LogP contribution in [0.25, 0.3) is 0 Å². The van der Waals surface area contributed by atoms with E-state index in [0.29, 0.717) is 5.02 Å². The number of benzene rings is 1. The summed E-state index contributed by atoms with van der Waals surface area (Å²) in [5, 5.41) is 9.43. The zero-order valence-electron chi connectivity index (χ0n) is 8.51. The highest BCUT2D eigenvalue weighted by Gasteiger charge is 2.06. The largest absolute Gasteiger partial charge is 0.496 e. The molecule has 0 fully saturated rings. The van der Waals surface area contributed by atoms with Crippen molar-refractivity contribution in [1.29, 1.82) is 0 Å². The molecule has 14 heavy (non-hydrogen) atoms. The predicted molar refractivity (Wildman–Crippen MR) is 58.1 cm³/mol. The van der Waals surface area contributed by atoms with Crippen LogP contribution in [0.4, 0.5) is 0 Å². The van der Waals surface area contributed by atoms with Crippen LogP contribution in [0.2, 0.25) is 5.02 Å². The van der Waals surface area contributed by atoms with E-state index in [4.69, 9.17) is 21.4 Å². The first-order chi connectivity index (χ1) is 6.69. The van der Waals surface area contributed by atoms with Gasteiger partial charge >= 0.3 is 0 Å². The van der Waals surface area contributed by atoms with Gasteiger partial charge in [-0.05, 0) is 43.0 Å². The first-order valence-electron chi connectivity index (χ1n) is 4.63. The van der Waals surface area contributed by atoms with E-state index < -0.39 is 0 Å². The van der Waals surface area contributed by atoms with Gasteiger partial charge in [0.2, 0.25) is 0 Å². The molecule has 0 amide bonds. The molecule has 78 valence electrons. The average molecular weight is 215 g/mol. The Kier molecular flexibility index (Phi) is 4.23. The predicted octanol–water partition coefficient (Wildman–Crippen LogP) is 2.58. The number of halogens is 1. The van der Waals surface area contributed by atoms with Gasteiger partial charge in [-0.2, -0.15) is 0 Å². The van der Waals surface area contributed by atoms with E-state index in [1.165, 1.54) is 0 Å². The van der Waals surface area contributed by atoms with E-state index in [1.54, 1.807) is 13.2 Å². The Morgan fingerprint density at radius 3 is 2.71 bits per heavy atom. The molecule has 0 radical (unpaired) electrons. The third-order valence-electron chi connectivity index (χ3n) is 2.26. The number of rotatable bonds is 4. The van der Waals surface area contributed by atoms with Crippen LogP contribution in [-0.2, 0) is 6.42 Å². The summed E-state index contributed by atoms with van der Waals surface area (Å²) in [5.41, 5.74) is 2.24. The number of hydrogen-bond acceptors (Lipinski definition) is 2. The summed E-state index contributed by atoms with van der Waals surface area (Å²) in [5.74, 6) is 0.811. The fourth-order valence-corrected chi connectivity index (χ4v) is 1.68. The molecule has 1 aromatic rings. The summed E-state index contributed by atoms with van der Waals surface area (Å²) in [6.45, 7) is 2.20. The Hall–Kier alpha value is -0.730. The Morgan fingerprint density at radius 1 is 1.43 bits per heavy atom. The van der Waals surface area contributed by atoms with Gasteiger partial charge in [0, 0.05) is 11.6 Å². The highest BCUT2D eigenvalue weighted by molar-refractivity contribution is 6.30. The summed E-state index contributed by atoms with van der Waals surface area (Å²) in [6, 6.07) is 3.73. The maximum atomic E-state index is 8.75. The lowest BCUT2D eigenvalue weighted by Crippen LogP contribution is -1.96. The van der Waals surface area contributed by atoms with Gasteiger partial charge in [-0.3, -0.25) is 0 Å². The van der Waals surface area contributed by atoms with Crippen molar-refractivity contribution < 1.29 is 9.84 Å². The maximum Gasteiger partial charge on any atom is 0.123 e. The van der Waals surface area contributed by atoms with Gasteiger partial charge in [0.25, 0.3) is 0 Å². The van der Waals surface area contributed by atoms with Crippen LogP contribution in [0.3, 0.4) is 0 Å². The number of aryl methyl sites for hydroxylation is 1. The molecule has 3 heteroatoms. The number of aliphatic hydroxyl groups excluding tert-OH is 1. The normalized spacial score (nSPS) is 10.3. The van der Waals surface area contributed by atoms with Gasteiger partial charge in [0.1, 0.15) is 5.75 Å². The molecule has 1 aromatic carbocycles. The highest BCUT2D eigenvalue weighted by Crippen LogP contribution is 2.27. The molecule has 0 saturated carbocycles. The molecule has 0 saturated heterocycles. The van der Waals surface area contributed by atoms with Crippen molar-refractivity contribution >= 4 is 11.6 Å². The highest BCUT2D eigenvalue weighted by atomic mass is 35.5.